The largest absolute Gasteiger partial charge is 0.481 e. The molecular weight excluding hydrogens is 330 g/mol. The second-order valence-corrected chi connectivity index (χ2v) is 6.84. The van der Waals surface area contributed by atoms with E-state index in [1.54, 1.807) is 6.92 Å². The van der Waals surface area contributed by atoms with E-state index in [0.29, 0.717) is 24.0 Å². The highest BCUT2D eigenvalue weighted by atomic mass is 16.7. The molecule has 0 aliphatic carbocycles. The van der Waals surface area contributed by atoms with Crippen LogP contribution in [0.15, 0.2) is 36.4 Å². The van der Waals surface area contributed by atoms with Crippen molar-refractivity contribution in [3.05, 3.63) is 53.1 Å². The fraction of sp³-hybridized carbons (Fsp3) is 0.381. The summed E-state index contributed by atoms with van der Waals surface area (Å²) in [6.45, 7) is 8.79. The first kappa shape index (κ1) is 18.1. The van der Waals surface area contributed by atoms with Crippen LogP contribution in [0.4, 0.5) is 0 Å². The average molecular weight is 355 g/mol. The summed E-state index contributed by atoms with van der Waals surface area (Å²) in [7, 11) is 0. The van der Waals surface area contributed by atoms with Crippen molar-refractivity contribution in [2.45, 2.75) is 46.3 Å². The Morgan fingerprint density at radius 1 is 1.12 bits per heavy atom. The molecule has 1 aliphatic rings. The molecule has 1 heterocycles. The first-order valence-corrected chi connectivity index (χ1v) is 8.87. The van der Waals surface area contributed by atoms with Crippen molar-refractivity contribution in [3.8, 4) is 17.2 Å². The van der Waals surface area contributed by atoms with Gasteiger partial charge in [0.25, 0.3) is 5.91 Å². The number of benzene rings is 2. The van der Waals surface area contributed by atoms with Gasteiger partial charge in [0.2, 0.25) is 6.79 Å². The fourth-order valence-corrected chi connectivity index (χ4v) is 3.01. The maximum atomic E-state index is 12.3. The van der Waals surface area contributed by atoms with Crippen LogP contribution >= 0.6 is 0 Å². The zero-order chi connectivity index (χ0) is 18.7. The van der Waals surface area contributed by atoms with E-state index in [-0.39, 0.29) is 12.7 Å². The van der Waals surface area contributed by atoms with Gasteiger partial charge in [0, 0.05) is 6.54 Å². The zero-order valence-electron chi connectivity index (χ0n) is 15.7. The molecule has 0 radical (unpaired) electrons. The number of rotatable bonds is 6. The Labute approximate surface area is 154 Å². The molecule has 1 aliphatic heterocycles. The third kappa shape index (κ3) is 4.10. The summed E-state index contributed by atoms with van der Waals surface area (Å²) >= 11 is 0. The first-order chi connectivity index (χ1) is 12.4. The predicted octanol–water partition coefficient (Wildman–Crippen LogP) is 3.93. The van der Waals surface area contributed by atoms with E-state index in [4.69, 9.17) is 14.2 Å². The highest BCUT2D eigenvalue weighted by Gasteiger charge is 2.17. The van der Waals surface area contributed by atoms with E-state index in [0.717, 1.165) is 11.3 Å². The Hall–Kier alpha value is -2.69. The molecule has 138 valence electrons. The number of amides is 1. The third-order valence-corrected chi connectivity index (χ3v) is 4.45. The number of hydrogen-bond donors (Lipinski definition) is 1. The van der Waals surface area contributed by atoms with Crippen LogP contribution in [-0.2, 0) is 11.3 Å². The second-order valence-electron chi connectivity index (χ2n) is 6.84. The summed E-state index contributed by atoms with van der Waals surface area (Å²) in [6.07, 6.45) is -0.576. The van der Waals surface area contributed by atoms with E-state index in [1.807, 2.05) is 30.3 Å². The van der Waals surface area contributed by atoms with E-state index >= 15 is 0 Å². The maximum absolute atomic E-state index is 12.3. The molecule has 1 atom stereocenters. The van der Waals surface area contributed by atoms with Gasteiger partial charge < -0.3 is 19.5 Å². The Morgan fingerprint density at radius 3 is 2.62 bits per heavy atom. The molecule has 0 bridgehead atoms. The van der Waals surface area contributed by atoms with Crippen LogP contribution in [0.25, 0.3) is 0 Å². The summed E-state index contributed by atoms with van der Waals surface area (Å²) in [4.78, 5) is 12.3. The lowest BCUT2D eigenvalue weighted by Crippen LogP contribution is -2.35. The summed E-state index contributed by atoms with van der Waals surface area (Å²) in [5.41, 5.74) is 3.41. The minimum absolute atomic E-state index is 0.159. The smallest absolute Gasteiger partial charge is 0.261 e. The normalized spacial score (nSPS) is 13.6. The van der Waals surface area contributed by atoms with Crippen molar-refractivity contribution in [2.75, 3.05) is 6.79 Å². The molecule has 0 spiro atoms. The van der Waals surface area contributed by atoms with Gasteiger partial charge in [-0.15, -0.1) is 0 Å². The zero-order valence-corrected chi connectivity index (χ0v) is 15.7. The molecule has 0 fully saturated rings. The number of aryl methyl sites for hydroxylation is 1. The molecule has 2 aromatic rings. The number of carbonyl (C=O) groups is 1. The molecule has 0 aromatic heterocycles. The molecule has 5 heteroatoms. The lowest BCUT2D eigenvalue weighted by Gasteiger charge is -2.17. The van der Waals surface area contributed by atoms with Crippen molar-refractivity contribution in [3.63, 3.8) is 0 Å². The Morgan fingerprint density at radius 2 is 1.88 bits per heavy atom. The van der Waals surface area contributed by atoms with Gasteiger partial charge in [-0.1, -0.05) is 26.0 Å². The van der Waals surface area contributed by atoms with Crippen LogP contribution < -0.4 is 19.5 Å². The number of carbonyl (C=O) groups excluding carboxylic acids is 1. The predicted molar refractivity (Wildman–Crippen MR) is 99.8 cm³/mol. The third-order valence-electron chi connectivity index (χ3n) is 4.45. The van der Waals surface area contributed by atoms with E-state index in [2.05, 4.69) is 32.2 Å². The fourth-order valence-electron chi connectivity index (χ4n) is 3.01. The molecule has 0 saturated heterocycles. The first-order valence-electron chi connectivity index (χ1n) is 8.87. The van der Waals surface area contributed by atoms with E-state index in [9.17, 15) is 4.79 Å². The summed E-state index contributed by atoms with van der Waals surface area (Å²) in [5, 5.41) is 2.89. The van der Waals surface area contributed by atoms with Crippen molar-refractivity contribution in [2.24, 2.45) is 0 Å². The van der Waals surface area contributed by atoms with E-state index in [1.165, 1.54) is 11.1 Å². The highest BCUT2D eigenvalue weighted by molar-refractivity contribution is 5.80. The number of fused-ring (bicyclic) bond motifs is 1. The van der Waals surface area contributed by atoms with Crippen LogP contribution in [-0.4, -0.2) is 18.8 Å². The quantitative estimate of drug-likeness (QED) is 0.853. The van der Waals surface area contributed by atoms with Gasteiger partial charge in [-0.25, -0.2) is 0 Å². The Kier molecular flexibility index (Phi) is 5.35. The summed E-state index contributed by atoms with van der Waals surface area (Å²) in [6, 6.07) is 11.6. The molecule has 5 nitrogen and oxygen atoms in total. The molecule has 26 heavy (non-hydrogen) atoms. The van der Waals surface area contributed by atoms with Crippen LogP contribution in [0.3, 0.4) is 0 Å². The monoisotopic (exact) mass is 355 g/mol. The van der Waals surface area contributed by atoms with Gasteiger partial charge in [-0.05, 0) is 60.7 Å². The van der Waals surface area contributed by atoms with Gasteiger partial charge in [-0.2, -0.15) is 0 Å². The second kappa shape index (κ2) is 7.68. The molecule has 1 unspecified atom stereocenters. The topological polar surface area (TPSA) is 56.8 Å². The molecule has 1 amide bonds. The van der Waals surface area contributed by atoms with Crippen LogP contribution in [0, 0.1) is 6.92 Å². The lowest BCUT2D eigenvalue weighted by molar-refractivity contribution is -0.127. The molecule has 3 rings (SSSR count). The Balaban J connectivity index is 1.55. The highest BCUT2D eigenvalue weighted by Crippen LogP contribution is 2.32. The summed E-state index contributed by atoms with van der Waals surface area (Å²) < 4.78 is 16.4. The number of hydrogen-bond acceptors (Lipinski definition) is 4. The van der Waals surface area contributed by atoms with Gasteiger partial charge in [0.1, 0.15) is 5.75 Å². The van der Waals surface area contributed by atoms with Crippen molar-refractivity contribution in [1.82, 2.24) is 5.32 Å². The molecule has 2 aromatic carbocycles. The van der Waals surface area contributed by atoms with Gasteiger partial charge in [0.05, 0.1) is 0 Å². The van der Waals surface area contributed by atoms with E-state index < -0.39 is 6.10 Å². The van der Waals surface area contributed by atoms with Gasteiger partial charge >= 0.3 is 0 Å². The number of ether oxygens (including phenoxy) is 3. The SMILES string of the molecule is Cc1cc(OC(C)C(=O)NCc2ccc3c(c2)OCO3)ccc1C(C)C. The molecule has 0 saturated carbocycles. The number of nitrogens with one attached hydrogen (secondary N) is 1. The van der Waals surface area contributed by atoms with Crippen LogP contribution in [0.2, 0.25) is 0 Å². The molecular formula is C21H25NO4. The van der Waals surface area contributed by atoms with Crippen LogP contribution in [0.5, 0.6) is 17.2 Å². The van der Waals surface area contributed by atoms with Crippen LogP contribution in [0.1, 0.15) is 43.4 Å². The standard InChI is InChI=1S/C21H25NO4/c1-13(2)18-7-6-17(9-14(18)3)26-15(4)21(23)22-11-16-5-8-19-20(10-16)25-12-24-19/h5-10,13,15H,11-12H2,1-4H3,(H,22,23). The lowest BCUT2D eigenvalue weighted by atomic mass is 9.98. The maximum Gasteiger partial charge on any atom is 0.261 e. The summed E-state index contributed by atoms with van der Waals surface area (Å²) in [5.74, 6) is 2.45. The van der Waals surface area contributed by atoms with Crippen molar-refractivity contribution in [1.29, 1.82) is 0 Å². The minimum atomic E-state index is -0.576. The van der Waals surface area contributed by atoms with Crippen molar-refractivity contribution < 1.29 is 19.0 Å². The Bertz CT molecular complexity index is 801. The molecule has 1 N–H and O–H groups in total. The average Bonchev–Trinajstić information content (AvgIpc) is 3.07. The van der Waals surface area contributed by atoms with Gasteiger partial charge in [-0.3, -0.25) is 4.79 Å². The van der Waals surface area contributed by atoms with Crippen molar-refractivity contribution >= 4 is 5.91 Å². The minimum Gasteiger partial charge on any atom is -0.481 e. The van der Waals surface area contributed by atoms with Gasteiger partial charge in [0.15, 0.2) is 17.6 Å².